The third-order valence-electron chi connectivity index (χ3n) is 2.28. The molecule has 2 nitrogen and oxygen atoms in total. The summed E-state index contributed by atoms with van der Waals surface area (Å²) >= 11 is 3.48. The van der Waals surface area contributed by atoms with E-state index in [9.17, 15) is 0 Å². The molecular weight excluding hydrogens is 242 g/mol. The van der Waals surface area contributed by atoms with Crippen LogP contribution in [0.25, 0.3) is 0 Å². The van der Waals surface area contributed by atoms with Crippen LogP contribution in [0, 0.1) is 0 Å². The third kappa shape index (κ3) is 2.28. The molecule has 0 heterocycles. The van der Waals surface area contributed by atoms with Crippen molar-refractivity contribution in [2.75, 3.05) is 13.7 Å². The van der Waals surface area contributed by atoms with Crippen molar-refractivity contribution in [1.29, 1.82) is 0 Å². The van der Waals surface area contributed by atoms with E-state index in [1.807, 2.05) is 6.07 Å². The second-order valence-corrected chi connectivity index (χ2v) is 3.96. The van der Waals surface area contributed by atoms with Gasteiger partial charge in [0.1, 0.15) is 5.75 Å². The molecule has 0 aromatic heterocycles. The molecule has 2 N–H and O–H groups in total. The van der Waals surface area contributed by atoms with Crippen LogP contribution < -0.4 is 10.5 Å². The van der Waals surface area contributed by atoms with Gasteiger partial charge in [-0.2, -0.15) is 0 Å². The number of ether oxygens (including phenoxy) is 1. The molecule has 0 bridgehead atoms. The van der Waals surface area contributed by atoms with Crippen molar-refractivity contribution in [1.82, 2.24) is 0 Å². The Kier molecular flexibility index (Phi) is 4.42. The first-order valence-corrected chi connectivity index (χ1v) is 5.58. The fraction of sp³-hybridized carbons (Fsp3) is 0.455. The zero-order valence-electron chi connectivity index (χ0n) is 8.64. The second-order valence-electron chi connectivity index (χ2n) is 3.11. The highest BCUT2D eigenvalue weighted by Gasteiger charge is 2.10. The SMILES string of the molecule is CCc1c(CCN)ccc(Br)c1OC. The maximum atomic E-state index is 5.56. The van der Waals surface area contributed by atoms with E-state index in [0.29, 0.717) is 6.54 Å². The van der Waals surface area contributed by atoms with E-state index in [2.05, 4.69) is 28.9 Å². The molecule has 3 heteroatoms. The van der Waals surface area contributed by atoms with Crippen LogP contribution in [-0.4, -0.2) is 13.7 Å². The van der Waals surface area contributed by atoms with Gasteiger partial charge in [-0.3, -0.25) is 0 Å². The molecule has 0 atom stereocenters. The average molecular weight is 258 g/mol. The lowest BCUT2D eigenvalue weighted by molar-refractivity contribution is 0.406. The topological polar surface area (TPSA) is 35.2 Å². The summed E-state index contributed by atoms with van der Waals surface area (Å²) in [5.74, 6) is 0.943. The van der Waals surface area contributed by atoms with Gasteiger partial charge in [-0.15, -0.1) is 0 Å². The maximum Gasteiger partial charge on any atom is 0.136 e. The van der Waals surface area contributed by atoms with E-state index in [1.165, 1.54) is 11.1 Å². The number of methoxy groups -OCH3 is 1. The molecule has 1 rings (SSSR count). The van der Waals surface area contributed by atoms with Gasteiger partial charge in [-0.1, -0.05) is 13.0 Å². The quantitative estimate of drug-likeness (QED) is 0.900. The molecular formula is C11H16BrNO. The first-order chi connectivity index (χ1) is 6.74. The van der Waals surface area contributed by atoms with Gasteiger partial charge in [-0.25, -0.2) is 0 Å². The average Bonchev–Trinajstić information content (AvgIpc) is 2.20. The Bertz CT molecular complexity index is 312. The summed E-state index contributed by atoms with van der Waals surface area (Å²) in [6, 6.07) is 4.13. The van der Waals surface area contributed by atoms with Gasteiger partial charge in [0.2, 0.25) is 0 Å². The van der Waals surface area contributed by atoms with Crippen LogP contribution >= 0.6 is 15.9 Å². The molecule has 1 aromatic carbocycles. The lowest BCUT2D eigenvalue weighted by Gasteiger charge is -2.13. The Morgan fingerprint density at radius 2 is 2.14 bits per heavy atom. The van der Waals surface area contributed by atoms with Crippen LogP contribution in [0.1, 0.15) is 18.1 Å². The molecule has 0 radical (unpaired) electrons. The molecule has 0 fully saturated rings. The summed E-state index contributed by atoms with van der Waals surface area (Å²) in [6.07, 6.45) is 1.88. The van der Waals surface area contributed by atoms with E-state index in [1.54, 1.807) is 7.11 Å². The zero-order valence-corrected chi connectivity index (χ0v) is 10.2. The van der Waals surface area contributed by atoms with Crippen LogP contribution in [0.2, 0.25) is 0 Å². The van der Waals surface area contributed by atoms with Crippen molar-refractivity contribution in [3.05, 3.63) is 27.7 Å². The monoisotopic (exact) mass is 257 g/mol. The normalized spacial score (nSPS) is 10.3. The van der Waals surface area contributed by atoms with Crippen molar-refractivity contribution < 1.29 is 4.74 Å². The number of rotatable bonds is 4. The third-order valence-corrected chi connectivity index (χ3v) is 2.91. The van der Waals surface area contributed by atoms with Crippen LogP contribution in [0.15, 0.2) is 16.6 Å². The molecule has 0 spiro atoms. The highest BCUT2D eigenvalue weighted by atomic mass is 79.9. The van der Waals surface area contributed by atoms with Crippen molar-refractivity contribution in [2.24, 2.45) is 5.73 Å². The van der Waals surface area contributed by atoms with Gasteiger partial charge in [0, 0.05) is 0 Å². The molecule has 0 unspecified atom stereocenters. The maximum absolute atomic E-state index is 5.56. The molecule has 0 aliphatic rings. The minimum absolute atomic E-state index is 0.678. The van der Waals surface area contributed by atoms with E-state index in [0.717, 1.165) is 23.1 Å². The molecule has 0 saturated heterocycles. The predicted octanol–water partition coefficient (Wildman–Crippen LogP) is 2.52. The minimum Gasteiger partial charge on any atom is -0.495 e. The van der Waals surface area contributed by atoms with Crippen molar-refractivity contribution >= 4 is 15.9 Å². The summed E-state index contributed by atoms with van der Waals surface area (Å²) < 4.78 is 6.38. The van der Waals surface area contributed by atoms with Crippen LogP contribution in [0.3, 0.4) is 0 Å². The Labute approximate surface area is 93.6 Å². The van der Waals surface area contributed by atoms with Gasteiger partial charge < -0.3 is 10.5 Å². The van der Waals surface area contributed by atoms with Crippen molar-refractivity contribution in [3.8, 4) is 5.75 Å². The van der Waals surface area contributed by atoms with Gasteiger partial charge in [0.05, 0.1) is 11.6 Å². The zero-order chi connectivity index (χ0) is 10.6. The van der Waals surface area contributed by atoms with Crippen molar-refractivity contribution in [2.45, 2.75) is 19.8 Å². The standard InChI is InChI=1S/C11H16BrNO/c1-3-9-8(6-7-13)4-5-10(12)11(9)14-2/h4-5H,3,6-7,13H2,1-2H3. The molecule has 78 valence electrons. The summed E-state index contributed by atoms with van der Waals surface area (Å²) in [6.45, 7) is 2.81. The molecule has 14 heavy (non-hydrogen) atoms. The van der Waals surface area contributed by atoms with Crippen molar-refractivity contribution in [3.63, 3.8) is 0 Å². The highest BCUT2D eigenvalue weighted by molar-refractivity contribution is 9.10. The van der Waals surface area contributed by atoms with Crippen LogP contribution in [0.5, 0.6) is 5.75 Å². The number of hydrogen-bond donors (Lipinski definition) is 1. The molecule has 0 amide bonds. The van der Waals surface area contributed by atoms with E-state index < -0.39 is 0 Å². The summed E-state index contributed by atoms with van der Waals surface area (Å²) in [7, 11) is 1.70. The van der Waals surface area contributed by atoms with E-state index in [4.69, 9.17) is 10.5 Å². The first kappa shape index (κ1) is 11.5. The van der Waals surface area contributed by atoms with E-state index in [-0.39, 0.29) is 0 Å². The Hall–Kier alpha value is -0.540. The minimum atomic E-state index is 0.678. The second kappa shape index (κ2) is 5.37. The summed E-state index contributed by atoms with van der Waals surface area (Å²) in [5.41, 5.74) is 8.11. The molecule has 0 aliphatic heterocycles. The van der Waals surface area contributed by atoms with Gasteiger partial charge in [0.25, 0.3) is 0 Å². The predicted molar refractivity (Wildman–Crippen MR) is 62.8 cm³/mol. The summed E-state index contributed by atoms with van der Waals surface area (Å²) in [5, 5.41) is 0. The smallest absolute Gasteiger partial charge is 0.136 e. The van der Waals surface area contributed by atoms with Crippen LogP contribution in [-0.2, 0) is 12.8 Å². The Morgan fingerprint density at radius 1 is 1.43 bits per heavy atom. The number of nitrogens with two attached hydrogens (primary N) is 1. The lowest BCUT2D eigenvalue weighted by atomic mass is 10.0. The molecule has 0 saturated carbocycles. The fourth-order valence-electron chi connectivity index (χ4n) is 1.64. The number of halogens is 1. The molecule has 0 aliphatic carbocycles. The van der Waals surface area contributed by atoms with Crippen LogP contribution in [0.4, 0.5) is 0 Å². The number of hydrogen-bond acceptors (Lipinski definition) is 2. The largest absolute Gasteiger partial charge is 0.495 e. The first-order valence-electron chi connectivity index (χ1n) is 4.78. The van der Waals surface area contributed by atoms with E-state index >= 15 is 0 Å². The van der Waals surface area contributed by atoms with Gasteiger partial charge >= 0.3 is 0 Å². The number of benzene rings is 1. The fourth-order valence-corrected chi connectivity index (χ4v) is 2.17. The highest BCUT2D eigenvalue weighted by Crippen LogP contribution is 2.31. The lowest BCUT2D eigenvalue weighted by Crippen LogP contribution is -2.06. The summed E-state index contributed by atoms with van der Waals surface area (Å²) in [4.78, 5) is 0. The van der Waals surface area contributed by atoms with Gasteiger partial charge in [0.15, 0.2) is 0 Å². The molecule has 1 aromatic rings. The Morgan fingerprint density at radius 3 is 2.64 bits per heavy atom. The van der Waals surface area contributed by atoms with Gasteiger partial charge in [-0.05, 0) is 52.5 Å². The Balaban J connectivity index is 3.18.